The first kappa shape index (κ1) is 57.3. The summed E-state index contributed by atoms with van der Waals surface area (Å²) in [6, 6.07) is 9.32. The molecule has 0 aliphatic carbocycles. The third-order valence-corrected chi connectivity index (χ3v) is 14.5. The smallest absolute Gasteiger partial charge is 0.335 e. The van der Waals surface area contributed by atoms with Crippen molar-refractivity contribution < 1.29 is 32.7 Å². The Morgan fingerprint density at radius 3 is 0.855 bits per heavy atom. The number of unbranched alkanes of at least 4 members (excludes halogenated alkanes) is 28. The van der Waals surface area contributed by atoms with Gasteiger partial charge in [-0.25, -0.2) is 13.2 Å². The molecule has 0 aliphatic heterocycles. The van der Waals surface area contributed by atoms with Crippen molar-refractivity contribution in [2.75, 3.05) is 26.2 Å². The van der Waals surface area contributed by atoms with Gasteiger partial charge in [0, 0.05) is 0 Å². The number of carbonyl (C=O) groups excluding carboxylic acids is 1. The van der Waals surface area contributed by atoms with E-state index in [1.165, 1.54) is 260 Å². The number of carboxylic acid groups (broad SMARTS) is 2. The summed E-state index contributed by atoms with van der Waals surface area (Å²) < 4.78 is 26.1. The second-order valence-corrected chi connectivity index (χ2v) is 20.2. The van der Waals surface area contributed by atoms with Crippen LogP contribution in [0.5, 0.6) is 0 Å². The van der Waals surface area contributed by atoms with Crippen LogP contribution in [0.4, 0.5) is 0 Å². The highest BCUT2D eigenvalue weighted by Crippen LogP contribution is 2.23. The Labute approximate surface area is 381 Å². The molecule has 0 spiro atoms. The first-order valence-corrected chi connectivity index (χ1v) is 27.3. The fourth-order valence-corrected chi connectivity index (χ4v) is 9.94. The summed E-state index contributed by atoms with van der Waals surface area (Å²) in [5.41, 5.74) is -0.156. The van der Waals surface area contributed by atoms with Gasteiger partial charge < -0.3 is 19.5 Å². The van der Waals surface area contributed by atoms with Gasteiger partial charge >= 0.3 is 5.97 Å². The zero-order valence-electron chi connectivity index (χ0n) is 40.4. The van der Waals surface area contributed by atoms with Crippen molar-refractivity contribution in [1.29, 1.82) is 0 Å². The molecule has 1 N–H and O–H groups in total. The third-order valence-electron chi connectivity index (χ3n) is 12.8. The van der Waals surface area contributed by atoms with Gasteiger partial charge in [-0.3, -0.25) is 0 Å². The molecule has 0 aromatic heterocycles. The summed E-state index contributed by atoms with van der Waals surface area (Å²) in [5.74, 6) is -2.55. The van der Waals surface area contributed by atoms with Gasteiger partial charge in [-0.1, -0.05) is 194 Å². The normalized spacial score (nSPS) is 11.7. The summed E-state index contributed by atoms with van der Waals surface area (Å²) in [6.45, 7) is 15.3. The van der Waals surface area contributed by atoms with Crippen LogP contribution in [-0.4, -0.2) is 56.1 Å². The van der Waals surface area contributed by atoms with Crippen LogP contribution in [0.2, 0.25) is 0 Å². The summed E-state index contributed by atoms with van der Waals surface area (Å²) in [6.07, 6.45) is 46.7. The molecule has 0 saturated carbocycles. The molecule has 62 heavy (non-hydrogen) atoms. The minimum Gasteiger partial charge on any atom is -0.545 e. The quantitative estimate of drug-likeness (QED) is 0.0527. The molecule has 2 aromatic carbocycles. The number of aromatic carboxylic acids is 2. The third kappa shape index (κ3) is 27.5. The van der Waals surface area contributed by atoms with Crippen molar-refractivity contribution in [3.8, 4) is 0 Å². The minimum atomic E-state index is -3.83. The van der Waals surface area contributed by atoms with Crippen LogP contribution in [0.3, 0.4) is 0 Å². The van der Waals surface area contributed by atoms with Crippen molar-refractivity contribution in [2.24, 2.45) is 0 Å². The molecule has 0 heterocycles. The van der Waals surface area contributed by atoms with Crippen LogP contribution in [0, 0.1) is 0 Å². The standard InChI is InChI=1S/C40H84N.C14H10O6S/c1-5-9-13-17-21-25-29-33-37-41(38-34-30-26-22-18-14-10-6-2,39-35-31-27-23-19-15-11-7-3)40-36-32-28-24-20-16-12-8-4;15-13(16)9-1-5-11(6-2-9)21(19,20)12-7-3-10(4-8-12)14(17)18/h5-40H2,1-4H3;1-8H,(H,15,16)(H,17,18)/q+1;/p-1. The molecular formula is C54H93NO6S. The van der Waals surface area contributed by atoms with Gasteiger partial charge in [-0.05, 0) is 93.3 Å². The van der Waals surface area contributed by atoms with E-state index in [2.05, 4.69) is 27.7 Å². The number of sulfone groups is 1. The van der Waals surface area contributed by atoms with E-state index in [1.54, 1.807) is 0 Å². The van der Waals surface area contributed by atoms with Crippen LogP contribution in [0.25, 0.3) is 0 Å². The molecule has 2 aromatic rings. The Bertz CT molecular complexity index is 1320. The highest BCUT2D eigenvalue weighted by atomic mass is 32.2. The van der Waals surface area contributed by atoms with Crippen molar-refractivity contribution in [3.05, 3.63) is 59.7 Å². The summed E-state index contributed by atoms with van der Waals surface area (Å²) in [4.78, 5) is 21.2. The minimum absolute atomic E-state index is 0.0266. The fraction of sp³-hybridized carbons (Fsp3) is 0.741. The van der Waals surface area contributed by atoms with Crippen LogP contribution in [0.15, 0.2) is 58.3 Å². The van der Waals surface area contributed by atoms with Crippen LogP contribution < -0.4 is 5.11 Å². The van der Waals surface area contributed by atoms with E-state index in [0.29, 0.717) is 0 Å². The zero-order chi connectivity index (χ0) is 45.6. The number of benzene rings is 2. The lowest BCUT2D eigenvalue weighted by atomic mass is 10.0. The number of quaternary nitrogens is 1. The average Bonchev–Trinajstić information content (AvgIpc) is 3.27. The molecule has 0 fully saturated rings. The summed E-state index contributed by atoms with van der Waals surface area (Å²) in [5, 5.41) is 19.4. The van der Waals surface area contributed by atoms with E-state index < -0.39 is 21.8 Å². The Balaban J connectivity index is 0.000000757. The maximum atomic E-state index is 12.3. The lowest BCUT2D eigenvalue weighted by Crippen LogP contribution is -2.50. The number of carbonyl (C=O) groups is 2. The van der Waals surface area contributed by atoms with Crippen molar-refractivity contribution in [2.45, 2.75) is 243 Å². The predicted octanol–water partition coefficient (Wildman–Crippen LogP) is 14.9. The Hall–Kier alpha value is -2.71. The van der Waals surface area contributed by atoms with Crippen molar-refractivity contribution in [3.63, 3.8) is 0 Å². The van der Waals surface area contributed by atoms with Gasteiger partial charge in [0.15, 0.2) is 0 Å². The van der Waals surface area contributed by atoms with E-state index in [0.717, 1.165) is 24.3 Å². The molecule has 0 saturated heterocycles. The topological polar surface area (TPSA) is 112 Å². The van der Waals surface area contributed by atoms with E-state index in [1.807, 2.05) is 0 Å². The van der Waals surface area contributed by atoms with Gasteiger partial charge in [0.05, 0.1) is 47.5 Å². The van der Waals surface area contributed by atoms with Gasteiger partial charge in [-0.2, -0.15) is 0 Å². The van der Waals surface area contributed by atoms with Gasteiger partial charge in [0.2, 0.25) is 9.84 Å². The number of hydrogen-bond acceptors (Lipinski definition) is 5. The highest BCUT2D eigenvalue weighted by molar-refractivity contribution is 7.91. The largest absolute Gasteiger partial charge is 0.545 e. The SMILES string of the molecule is CCCCCCCCCC[N+](CCCCCCCCCC)(CCCCCCCCCC)CCCCCCCCCC.O=C([O-])c1ccc(S(=O)(=O)c2ccc(C(=O)O)cc2)cc1. The summed E-state index contributed by atoms with van der Waals surface area (Å²) >= 11 is 0. The lowest BCUT2D eigenvalue weighted by molar-refractivity contribution is -0.929. The van der Waals surface area contributed by atoms with E-state index in [4.69, 9.17) is 5.11 Å². The molecule has 8 heteroatoms. The molecule has 356 valence electrons. The Kier molecular flexibility index (Phi) is 34.8. The molecule has 0 bridgehead atoms. The maximum absolute atomic E-state index is 12.3. The van der Waals surface area contributed by atoms with Crippen LogP contribution in [0.1, 0.15) is 254 Å². The highest BCUT2D eigenvalue weighted by Gasteiger charge is 2.26. The number of carboxylic acids is 2. The second-order valence-electron chi connectivity index (χ2n) is 18.3. The molecule has 0 aliphatic rings. The molecule has 7 nitrogen and oxygen atoms in total. The van der Waals surface area contributed by atoms with E-state index in [-0.39, 0.29) is 20.9 Å². The predicted molar refractivity (Wildman–Crippen MR) is 260 cm³/mol. The Morgan fingerprint density at radius 2 is 0.629 bits per heavy atom. The fourth-order valence-electron chi connectivity index (χ4n) is 8.68. The van der Waals surface area contributed by atoms with Crippen LogP contribution in [-0.2, 0) is 9.84 Å². The monoisotopic (exact) mass is 884 g/mol. The van der Waals surface area contributed by atoms with Crippen LogP contribution >= 0.6 is 0 Å². The summed E-state index contributed by atoms with van der Waals surface area (Å²) in [7, 11) is -3.83. The number of hydrogen-bond donors (Lipinski definition) is 1. The number of rotatable bonds is 40. The van der Waals surface area contributed by atoms with Crippen molar-refractivity contribution in [1.82, 2.24) is 0 Å². The van der Waals surface area contributed by atoms with E-state index >= 15 is 0 Å². The molecule has 0 unspecified atom stereocenters. The Morgan fingerprint density at radius 1 is 0.403 bits per heavy atom. The molecule has 0 atom stereocenters. The maximum Gasteiger partial charge on any atom is 0.335 e. The first-order valence-electron chi connectivity index (χ1n) is 25.8. The zero-order valence-corrected chi connectivity index (χ0v) is 41.2. The first-order chi connectivity index (χ1) is 30.1. The van der Waals surface area contributed by atoms with Gasteiger partial charge in [-0.15, -0.1) is 0 Å². The average molecular weight is 884 g/mol. The van der Waals surface area contributed by atoms with Gasteiger partial charge in [0.1, 0.15) is 0 Å². The number of nitrogens with zero attached hydrogens (tertiary/aromatic N) is 1. The van der Waals surface area contributed by atoms with E-state index in [9.17, 15) is 23.1 Å². The molecule has 2 rings (SSSR count). The second kappa shape index (κ2) is 37.6. The van der Waals surface area contributed by atoms with Crippen molar-refractivity contribution >= 4 is 21.8 Å². The molecule has 0 amide bonds. The molecular weight excluding hydrogens is 791 g/mol. The molecule has 0 radical (unpaired) electrons. The van der Waals surface area contributed by atoms with Gasteiger partial charge in [0.25, 0.3) is 0 Å². The lowest BCUT2D eigenvalue weighted by Gasteiger charge is -2.40.